The molecule has 0 aliphatic carbocycles. The van der Waals surface area contributed by atoms with Crippen LogP contribution in [0.15, 0.2) is 17.8 Å². The third-order valence-electron chi connectivity index (χ3n) is 2.95. The molecule has 0 saturated heterocycles. The van der Waals surface area contributed by atoms with Gasteiger partial charge in [-0.2, -0.15) is 0 Å². The van der Waals surface area contributed by atoms with Gasteiger partial charge in [-0.05, 0) is 13.3 Å². The second-order valence-electron chi connectivity index (χ2n) is 4.62. The van der Waals surface area contributed by atoms with Crippen molar-refractivity contribution in [1.82, 2.24) is 14.3 Å². The molecule has 6 nitrogen and oxygen atoms in total. The molecule has 0 atom stereocenters. The average molecular weight is 309 g/mol. The molecule has 0 aliphatic heterocycles. The lowest BCUT2D eigenvalue weighted by atomic mass is 10.2. The number of fused-ring (bicyclic) bond motifs is 1. The van der Waals surface area contributed by atoms with Crippen LogP contribution in [0.4, 0.5) is 0 Å². The van der Waals surface area contributed by atoms with E-state index in [1.165, 1.54) is 16.2 Å². The van der Waals surface area contributed by atoms with Gasteiger partial charge in [0.1, 0.15) is 6.54 Å². The molecule has 7 heteroatoms. The number of carbonyl (C=O) groups is 2. The Labute approximate surface area is 127 Å². The Bertz CT molecular complexity index is 591. The summed E-state index contributed by atoms with van der Waals surface area (Å²) in [5.41, 5.74) is 0.719. The standard InChI is InChI=1S/C14H19N3O3S/c1-3-5-16(10-13(19)20-4-2)12(18)8-11-9-17-6-7-21-14(17)15-11/h6-7,9H,3-5,8,10H2,1-2H3. The number of nitrogens with zero attached hydrogens (tertiary/aromatic N) is 3. The van der Waals surface area contributed by atoms with Crippen molar-refractivity contribution in [2.45, 2.75) is 26.7 Å². The largest absolute Gasteiger partial charge is 0.465 e. The second-order valence-corrected chi connectivity index (χ2v) is 5.50. The molecule has 0 saturated carbocycles. The third kappa shape index (κ3) is 4.04. The number of ether oxygens (including phenoxy) is 1. The van der Waals surface area contributed by atoms with E-state index in [0.717, 1.165) is 17.1 Å². The van der Waals surface area contributed by atoms with E-state index in [-0.39, 0.29) is 24.8 Å². The summed E-state index contributed by atoms with van der Waals surface area (Å²) in [5, 5.41) is 1.94. The van der Waals surface area contributed by atoms with Gasteiger partial charge >= 0.3 is 5.97 Å². The minimum Gasteiger partial charge on any atom is -0.465 e. The van der Waals surface area contributed by atoms with Crippen LogP contribution in [0.25, 0.3) is 4.96 Å². The lowest BCUT2D eigenvalue weighted by Crippen LogP contribution is -2.38. The van der Waals surface area contributed by atoms with Crippen LogP contribution in [0.3, 0.4) is 0 Å². The lowest BCUT2D eigenvalue weighted by Gasteiger charge is -2.20. The fourth-order valence-corrected chi connectivity index (χ4v) is 2.77. The molecule has 0 bridgehead atoms. The molecule has 2 heterocycles. The fourth-order valence-electron chi connectivity index (χ4n) is 2.05. The van der Waals surface area contributed by atoms with Gasteiger partial charge < -0.3 is 9.64 Å². The molecule has 2 aromatic heterocycles. The summed E-state index contributed by atoms with van der Waals surface area (Å²) < 4.78 is 6.80. The number of thiazole rings is 1. The van der Waals surface area contributed by atoms with Gasteiger partial charge in [0.05, 0.1) is 18.7 Å². The first-order valence-corrected chi connectivity index (χ1v) is 7.86. The molecular formula is C14H19N3O3S. The van der Waals surface area contributed by atoms with Gasteiger partial charge in [0.2, 0.25) is 5.91 Å². The van der Waals surface area contributed by atoms with Gasteiger partial charge in [-0.25, -0.2) is 4.98 Å². The first kappa shape index (κ1) is 15.5. The van der Waals surface area contributed by atoms with Crippen molar-refractivity contribution in [3.8, 4) is 0 Å². The predicted octanol–water partition coefficient (Wildman–Crippen LogP) is 1.74. The summed E-state index contributed by atoms with van der Waals surface area (Å²) in [6, 6.07) is 0. The second kappa shape index (κ2) is 7.21. The van der Waals surface area contributed by atoms with E-state index < -0.39 is 0 Å². The maximum atomic E-state index is 12.3. The molecule has 0 aromatic carbocycles. The molecule has 0 spiro atoms. The number of imidazole rings is 1. The monoisotopic (exact) mass is 309 g/mol. The Morgan fingerprint density at radius 1 is 1.43 bits per heavy atom. The highest BCUT2D eigenvalue weighted by Gasteiger charge is 2.18. The molecule has 0 unspecified atom stereocenters. The van der Waals surface area contributed by atoms with Gasteiger partial charge in [0.15, 0.2) is 4.96 Å². The van der Waals surface area contributed by atoms with E-state index in [0.29, 0.717) is 13.2 Å². The average Bonchev–Trinajstić information content (AvgIpc) is 2.99. The molecule has 0 radical (unpaired) electrons. The highest BCUT2D eigenvalue weighted by molar-refractivity contribution is 7.15. The van der Waals surface area contributed by atoms with E-state index >= 15 is 0 Å². The molecular weight excluding hydrogens is 290 g/mol. The van der Waals surface area contributed by atoms with Crippen LogP contribution in [0.5, 0.6) is 0 Å². The van der Waals surface area contributed by atoms with Crippen LogP contribution < -0.4 is 0 Å². The summed E-state index contributed by atoms with van der Waals surface area (Å²) >= 11 is 1.52. The summed E-state index contributed by atoms with van der Waals surface area (Å²) in [5.74, 6) is -0.472. The smallest absolute Gasteiger partial charge is 0.325 e. The van der Waals surface area contributed by atoms with Crippen LogP contribution in [-0.2, 0) is 20.7 Å². The number of esters is 1. The van der Waals surface area contributed by atoms with Crippen LogP contribution in [0.2, 0.25) is 0 Å². The molecule has 2 aromatic rings. The summed E-state index contributed by atoms with van der Waals surface area (Å²) in [7, 11) is 0. The van der Waals surface area contributed by atoms with Crippen LogP contribution >= 0.6 is 11.3 Å². The Kier molecular flexibility index (Phi) is 5.32. The molecule has 0 N–H and O–H groups in total. The Balaban J connectivity index is 2.00. The van der Waals surface area contributed by atoms with Crippen molar-refractivity contribution in [2.75, 3.05) is 19.7 Å². The van der Waals surface area contributed by atoms with E-state index in [1.54, 1.807) is 6.92 Å². The lowest BCUT2D eigenvalue weighted by molar-refractivity contribution is -0.148. The topological polar surface area (TPSA) is 63.9 Å². The number of hydrogen-bond acceptors (Lipinski definition) is 5. The Morgan fingerprint density at radius 3 is 2.90 bits per heavy atom. The molecule has 2 rings (SSSR count). The van der Waals surface area contributed by atoms with Crippen molar-refractivity contribution in [1.29, 1.82) is 0 Å². The minimum absolute atomic E-state index is 0.00271. The number of hydrogen-bond donors (Lipinski definition) is 0. The SMILES string of the molecule is CCCN(CC(=O)OCC)C(=O)Cc1cn2ccsc2n1. The van der Waals surface area contributed by atoms with Crippen molar-refractivity contribution in [3.63, 3.8) is 0 Å². The molecule has 0 fully saturated rings. The summed E-state index contributed by atoms with van der Waals surface area (Å²) in [6.45, 7) is 4.59. The maximum absolute atomic E-state index is 12.3. The van der Waals surface area contributed by atoms with Crippen LogP contribution in [0.1, 0.15) is 26.0 Å². The zero-order chi connectivity index (χ0) is 15.2. The quantitative estimate of drug-likeness (QED) is 0.731. The summed E-state index contributed by atoms with van der Waals surface area (Å²) in [4.78, 5) is 30.7. The molecule has 0 aliphatic rings. The van der Waals surface area contributed by atoms with Crippen molar-refractivity contribution < 1.29 is 14.3 Å². The normalized spacial score (nSPS) is 10.8. The molecule has 114 valence electrons. The van der Waals surface area contributed by atoms with Crippen LogP contribution in [-0.4, -0.2) is 45.9 Å². The van der Waals surface area contributed by atoms with E-state index in [4.69, 9.17) is 4.74 Å². The first-order chi connectivity index (χ1) is 10.1. The predicted molar refractivity (Wildman–Crippen MR) is 80.3 cm³/mol. The highest BCUT2D eigenvalue weighted by Crippen LogP contribution is 2.12. The Hall–Kier alpha value is -1.89. The zero-order valence-electron chi connectivity index (χ0n) is 12.2. The number of carbonyl (C=O) groups excluding carboxylic acids is 2. The van der Waals surface area contributed by atoms with Gasteiger partial charge in [-0.3, -0.25) is 14.0 Å². The fraction of sp³-hybridized carbons (Fsp3) is 0.500. The minimum atomic E-state index is -0.370. The Morgan fingerprint density at radius 2 is 2.24 bits per heavy atom. The van der Waals surface area contributed by atoms with E-state index in [1.807, 2.05) is 29.1 Å². The summed E-state index contributed by atoms with van der Waals surface area (Å²) in [6.07, 6.45) is 4.75. The number of aromatic nitrogens is 2. The third-order valence-corrected chi connectivity index (χ3v) is 3.72. The van der Waals surface area contributed by atoms with Gasteiger partial charge in [-0.15, -0.1) is 11.3 Å². The number of amides is 1. The van der Waals surface area contributed by atoms with Crippen LogP contribution in [0, 0.1) is 0 Å². The zero-order valence-corrected chi connectivity index (χ0v) is 13.1. The van der Waals surface area contributed by atoms with Gasteiger partial charge in [0, 0.05) is 24.3 Å². The number of rotatable bonds is 7. The van der Waals surface area contributed by atoms with Gasteiger partial charge in [0.25, 0.3) is 0 Å². The first-order valence-electron chi connectivity index (χ1n) is 6.98. The van der Waals surface area contributed by atoms with Crippen molar-refractivity contribution in [3.05, 3.63) is 23.5 Å². The maximum Gasteiger partial charge on any atom is 0.325 e. The van der Waals surface area contributed by atoms with E-state index in [2.05, 4.69) is 4.98 Å². The molecule has 1 amide bonds. The highest BCUT2D eigenvalue weighted by atomic mass is 32.1. The molecule has 21 heavy (non-hydrogen) atoms. The van der Waals surface area contributed by atoms with Crippen molar-refractivity contribution >= 4 is 28.2 Å². The van der Waals surface area contributed by atoms with Crippen molar-refractivity contribution in [2.24, 2.45) is 0 Å². The van der Waals surface area contributed by atoms with Gasteiger partial charge in [-0.1, -0.05) is 6.92 Å². The van der Waals surface area contributed by atoms with E-state index in [9.17, 15) is 9.59 Å².